The molecule has 0 spiro atoms. The monoisotopic (exact) mass is 623 g/mol. The van der Waals surface area contributed by atoms with Crippen molar-refractivity contribution in [2.24, 2.45) is 11.7 Å². The highest BCUT2D eigenvalue weighted by molar-refractivity contribution is 5.96. The minimum Gasteiger partial charge on any atom is -0.444 e. The molecule has 5 N–H and O–H groups in total. The predicted octanol–water partition coefficient (Wildman–Crippen LogP) is 4.35. The van der Waals surface area contributed by atoms with E-state index in [9.17, 15) is 24.0 Å². The third kappa shape index (κ3) is 14.4. The van der Waals surface area contributed by atoms with Gasteiger partial charge in [0.1, 0.15) is 23.7 Å². The van der Waals surface area contributed by atoms with Crippen LogP contribution in [0.15, 0.2) is 0 Å². The third-order valence-electron chi connectivity index (χ3n) is 7.95. The Morgan fingerprint density at radius 1 is 0.841 bits per heavy atom. The van der Waals surface area contributed by atoms with Gasteiger partial charge >= 0.3 is 6.09 Å². The van der Waals surface area contributed by atoms with Crippen LogP contribution in [0.25, 0.3) is 0 Å². The standard InChI is InChI=1S/C33H61N5O6/c1-9-10-11-12-13-14-15-16-17-19-25(34)28(39)27(22(2)3)37-30(41)26-20-18-21-38(26)31(42)24(5)35-29(40)23(4)36-32(43)44-33(6,7)8/h22-27H,9-21,34H2,1-8H3,(H,35,40)(H,36,43)(H,37,41)/t23-,24-,25?,26-,27-/m0/s1. The molecule has 11 heteroatoms. The van der Waals surface area contributed by atoms with Gasteiger partial charge in [-0.05, 0) is 59.8 Å². The first-order chi connectivity index (χ1) is 20.6. The minimum absolute atomic E-state index is 0.164. The van der Waals surface area contributed by atoms with Gasteiger partial charge < -0.3 is 31.3 Å². The highest BCUT2D eigenvalue weighted by Crippen LogP contribution is 2.20. The van der Waals surface area contributed by atoms with Crippen molar-refractivity contribution in [2.75, 3.05) is 6.54 Å². The number of rotatable bonds is 19. The van der Waals surface area contributed by atoms with Crippen molar-refractivity contribution in [2.45, 2.75) is 168 Å². The minimum atomic E-state index is -0.935. The fraction of sp³-hybridized carbons (Fsp3) is 0.848. The summed E-state index contributed by atoms with van der Waals surface area (Å²) in [7, 11) is 0. The first kappa shape index (κ1) is 39.3. The van der Waals surface area contributed by atoms with Gasteiger partial charge in [0.15, 0.2) is 5.78 Å². The zero-order valence-corrected chi connectivity index (χ0v) is 28.6. The summed E-state index contributed by atoms with van der Waals surface area (Å²) in [4.78, 5) is 66.0. The zero-order valence-electron chi connectivity index (χ0n) is 28.6. The molecule has 0 aromatic carbocycles. The third-order valence-corrected chi connectivity index (χ3v) is 7.95. The molecule has 0 aromatic heterocycles. The van der Waals surface area contributed by atoms with Crippen LogP contribution in [0.2, 0.25) is 0 Å². The number of hydrogen-bond acceptors (Lipinski definition) is 7. The quantitative estimate of drug-likeness (QED) is 0.156. The molecule has 0 aliphatic carbocycles. The van der Waals surface area contributed by atoms with Gasteiger partial charge in [-0.2, -0.15) is 0 Å². The van der Waals surface area contributed by atoms with Crippen molar-refractivity contribution in [3.63, 3.8) is 0 Å². The molecule has 44 heavy (non-hydrogen) atoms. The van der Waals surface area contributed by atoms with Crippen LogP contribution in [0, 0.1) is 5.92 Å². The summed E-state index contributed by atoms with van der Waals surface area (Å²) < 4.78 is 5.18. The van der Waals surface area contributed by atoms with Crippen LogP contribution in [-0.4, -0.2) is 76.9 Å². The average molecular weight is 624 g/mol. The van der Waals surface area contributed by atoms with Gasteiger partial charge in [-0.15, -0.1) is 0 Å². The summed E-state index contributed by atoms with van der Waals surface area (Å²) in [6, 6.07) is -4.01. The van der Waals surface area contributed by atoms with E-state index in [2.05, 4.69) is 22.9 Å². The van der Waals surface area contributed by atoms with E-state index >= 15 is 0 Å². The van der Waals surface area contributed by atoms with Crippen LogP contribution in [0.1, 0.15) is 132 Å². The summed E-state index contributed by atoms with van der Waals surface area (Å²) in [5.41, 5.74) is 5.57. The van der Waals surface area contributed by atoms with E-state index in [0.29, 0.717) is 25.8 Å². The number of likely N-dealkylation sites (tertiary alicyclic amines) is 1. The number of alkyl carbamates (subject to hydrolysis) is 1. The number of hydrogen-bond donors (Lipinski definition) is 4. The number of carbonyl (C=O) groups excluding carboxylic acids is 5. The Balaban J connectivity index is 2.64. The molecule has 0 aromatic rings. The first-order valence-electron chi connectivity index (χ1n) is 16.8. The van der Waals surface area contributed by atoms with Gasteiger partial charge in [0.25, 0.3) is 0 Å². The number of nitrogens with zero attached hydrogens (tertiary/aromatic N) is 1. The lowest BCUT2D eigenvalue weighted by Gasteiger charge is -2.30. The van der Waals surface area contributed by atoms with Crippen LogP contribution >= 0.6 is 0 Å². The molecule has 5 atom stereocenters. The molecule has 0 saturated carbocycles. The number of nitrogens with one attached hydrogen (secondary N) is 3. The lowest BCUT2D eigenvalue weighted by molar-refractivity contribution is -0.142. The van der Waals surface area contributed by atoms with Gasteiger partial charge in [0, 0.05) is 6.54 Å². The van der Waals surface area contributed by atoms with Gasteiger partial charge in [-0.3, -0.25) is 19.2 Å². The Morgan fingerprint density at radius 2 is 1.41 bits per heavy atom. The van der Waals surface area contributed by atoms with Gasteiger partial charge in [0.2, 0.25) is 17.7 Å². The highest BCUT2D eigenvalue weighted by Gasteiger charge is 2.39. The molecule has 0 radical (unpaired) electrons. The number of amides is 4. The second-order valence-electron chi connectivity index (χ2n) is 13.6. The Morgan fingerprint density at radius 3 is 1.95 bits per heavy atom. The molecular formula is C33H61N5O6. The summed E-state index contributed by atoms with van der Waals surface area (Å²) in [6.07, 6.45) is 11.6. The lowest BCUT2D eigenvalue weighted by Crippen LogP contribution is -2.58. The topological polar surface area (TPSA) is 160 Å². The number of nitrogens with two attached hydrogens (primary N) is 1. The number of ketones is 1. The zero-order chi connectivity index (χ0) is 33.4. The van der Waals surface area contributed by atoms with Crippen molar-refractivity contribution < 1.29 is 28.7 Å². The van der Waals surface area contributed by atoms with E-state index in [1.165, 1.54) is 50.3 Å². The number of ether oxygens (including phenoxy) is 1. The van der Waals surface area contributed by atoms with E-state index in [0.717, 1.165) is 19.3 Å². The fourth-order valence-electron chi connectivity index (χ4n) is 5.37. The van der Waals surface area contributed by atoms with Crippen molar-refractivity contribution in [3.05, 3.63) is 0 Å². The van der Waals surface area contributed by atoms with Gasteiger partial charge in [-0.1, -0.05) is 78.6 Å². The van der Waals surface area contributed by atoms with E-state index < -0.39 is 59.6 Å². The van der Waals surface area contributed by atoms with Crippen molar-refractivity contribution in [1.29, 1.82) is 0 Å². The average Bonchev–Trinajstić information content (AvgIpc) is 3.42. The summed E-state index contributed by atoms with van der Waals surface area (Å²) >= 11 is 0. The Bertz CT molecular complexity index is 934. The number of Topliss-reactive ketones (excluding diaryl/α,β-unsaturated/α-hetero) is 1. The Labute approximate surface area is 265 Å². The molecule has 1 unspecified atom stereocenters. The van der Waals surface area contributed by atoms with Crippen LogP contribution in [0.4, 0.5) is 4.79 Å². The van der Waals surface area contributed by atoms with E-state index in [1.54, 1.807) is 27.7 Å². The molecule has 1 heterocycles. The molecule has 11 nitrogen and oxygen atoms in total. The van der Waals surface area contributed by atoms with Crippen LogP contribution in [0.5, 0.6) is 0 Å². The predicted molar refractivity (Wildman–Crippen MR) is 173 cm³/mol. The summed E-state index contributed by atoms with van der Waals surface area (Å²) in [5.74, 6) is -1.70. The maximum Gasteiger partial charge on any atom is 0.408 e. The van der Waals surface area contributed by atoms with Crippen LogP contribution in [0.3, 0.4) is 0 Å². The summed E-state index contributed by atoms with van der Waals surface area (Å²) in [6.45, 7) is 14.5. The molecule has 0 bridgehead atoms. The lowest BCUT2D eigenvalue weighted by atomic mass is 9.92. The highest BCUT2D eigenvalue weighted by atomic mass is 16.6. The molecule has 1 fully saturated rings. The van der Waals surface area contributed by atoms with Crippen LogP contribution < -0.4 is 21.7 Å². The largest absolute Gasteiger partial charge is 0.444 e. The van der Waals surface area contributed by atoms with Crippen molar-refractivity contribution in [1.82, 2.24) is 20.9 Å². The normalized spacial score (nSPS) is 17.9. The Kier molecular flexibility index (Phi) is 17.6. The first-order valence-corrected chi connectivity index (χ1v) is 16.8. The molecular weight excluding hydrogens is 562 g/mol. The number of unbranched alkanes of at least 4 members (excludes halogenated alkanes) is 8. The molecule has 1 rings (SSSR count). The van der Waals surface area contributed by atoms with Gasteiger partial charge in [-0.25, -0.2) is 4.79 Å². The summed E-state index contributed by atoms with van der Waals surface area (Å²) in [5, 5.41) is 7.96. The maximum absolute atomic E-state index is 13.4. The maximum atomic E-state index is 13.4. The smallest absolute Gasteiger partial charge is 0.408 e. The molecule has 1 aliphatic rings. The van der Waals surface area contributed by atoms with E-state index in [-0.39, 0.29) is 11.7 Å². The molecule has 1 aliphatic heterocycles. The SMILES string of the molecule is CCCCCCCCCCCC(N)C(=O)[C@@H](NC(=O)[C@@H]1CCCN1C(=O)[C@H](C)NC(=O)[C@H](C)NC(=O)OC(C)(C)C)C(C)C. The molecule has 254 valence electrons. The second kappa shape index (κ2) is 19.6. The molecule has 4 amide bonds. The van der Waals surface area contributed by atoms with Gasteiger partial charge in [0.05, 0.1) is 12.1 Å². The Hall–Kier alpha value is -2.69. The van der Waals surface area contributed by atoms with Crippen molar-refractivity contribution >= 4 is 29.6 Å². The second-order valence-corrected chi connectivity index (χ2v) is 13.6. The van der Waals surface area contributed by atoms with Crippen LogP contribution in [-0.2, 0) is 23.9 Å². The number of carbonyl (C=O) groups is 5. The van der Waals surface area contributed by atoms with E-state index in [1.807, 2.05) is 13.8 Å². The molecule has 1 saturated heterocycles. The van der Waals surface area contributed by atoms with Crippen molar-refractivity contribution in [3.8, 4) is 0 Å². The van der Waals surface area contributed by atoms with E-state index in [4.69, 9.17) is 10.5 Å². The fourth-order valence-corrected chi connectivity index (χ4v) is 5.37.